The molecule has 2 aliphatic carbocycles. The minimum Gasteiger partial charge on any atom is -0.326 e. The van der Waals surface area contributed by atoms with E-state index in [4.69, 9.17) is 0 Å². The predicted molar refractivity (Wildman–Crippen MR) is 117 cm³/mol. The molecule has 152 valence electrons. The summed E-state index contributed by atoms with van der Waals surface area (Å²) in [6.07, 6.45) is 11.0. The minimum absolute atomic E-state index is 0. The van der Waals surface area contributed by atoms with Crippen LogP contribution in [0.15, 0.2) is 18.2 Å². The van der Waals surface area contributed by atoms with Gasteiger partial charge in [0.15, 0.2) is 5.13 Å². The Morgan fingerprint density at radius 3 is 2.04 bits per heavy atom. The first-order valence-electron chi connectivity index (χ1n) is 10.2. The molecular weight excluding hydrogens is 394 g/mol. The van der Waals surface area contributed by atoms with Crippen LogP contribution in [-0.4, -0.2) is 16.8 Å². The van der Waals surface area contributed by atoms with Crippen LogP contribution in [0.5, 0.6) is 0 Å². The Bertz CT molecular complexity index is 796. The van der Waals surface area contributed by atoms with Crippen molar-refractivity contribution in [1.82, 2.24) is 4.98 Å². The predicted octanol–water partition coefficient (Wildman–Crippen LogP) is 5.76. The molecule has 0 saturated heterocycles. The first-order chi connectivity index (χ1) is 13.2. The second kappa shape index (κ2) is 9.70. The van der Waals surface area contributed by atoms with E-state index in [0.29, 0.717) is 5.13 Å². The van der Waals surface area contributed by atoms with Crippen molar-refractivity contribution in [2.75, 3.05) is 10.6 Å². The lowest BCUT2D eigenvalue weighted by atomic mass is 9.88. The Balaban J connectivity index is 0.00000225. The lowest BCUT2D eigenvalue weighted by Crippen LogP contribution is -2.24. The van der Waals surface area contributed by atoms with Gasteiger partial charge in [0.1, 0.15) is 0 Å². The third kappa shape index (κ3) is 5.03. The average Bonchev–Trinajstić information content (AvgIpc) is 3.10. The van der Waals surface area contributed by atoms with E-state index in [1.165, 1.54) is 24.2 Å². The molecule has 1 aromatic heterocycles. The van der Waals surface area contributed by atoms with Crippen LogP contribution < -0.4 is 10.6 Å². The van der Waals surface area contributed by atoms with E-state index in [-0.39, 0.29) is 36.1 Å². The second-order valence-electron chi connectivity index (χ2n) is 7.85. The summed E-state index contributed by atoms with van der Waals surface area (Å²) in [5, 5.41) is 6.69. The number of hydrogen-bond donors (Lipinski definition) is 2. The summed E-state index contributed by atoms with van der Waals surface area (Å²) in [6.45, 7) is 0. The number of carbonyl (C=O) groups is 2. The number of aromatic nitrogens is 1. The van der Waals surface area contributed by atoms with Gasteiger partial charge < -0.3 is 10.6 Å². The number of carbonyl (C=O) groups excluding carboxylic acids is 2. The van der Waals surface area contributed by atoms with Gasteiger partial charge in [0, 0.05) is 17.5 Å². The zero-order chi connectivity index (χ0) is 18.6. The quantitative estimate of drug-likeness (QED) is 0.659. The SMILES string of the molecule is Cl.O=C(Nc1ccc2sc(NC(=O)C3CCCCC3)nc2c1)C1CCCCC1. The molecule has 2 aromatic rings. The first-order valence-corrected chi connectivity index (χ1v) is 11.0. The van der Waals surface area contributed by atoms with Crippen molar-refractivity contribution in [3.8, 4) is 0 Å². The number of hydrogen-bond acceptors (Lipinski definition) is 4. The number of amides is 2. The van der Waals surface area contributed by atoms with E-state index >= 15 is 0 Å². The highest BCUT2D eigenvalue weighted by atomic mass is 35.5. The average molecular weight is 422 g/mol. The highest BCUT2D eigenvalue weighted by Gasteiger charge is 2.23. The molecule has 4 rings (SSSR count). The molecule has 0 aliphatic heterocycles. The monoisotopic (exact) mass is 421 g/mol. The van der Waals surface area contributed by atoms with Gasteiger partial charge in [-0.15, -0.1) is 12.4 Å². The molecule has 0 spiro atoms. The maximum atomic E-state index is 12.4. The molecule has 7 heteroatoms. The Labute approximate surface area is 176 Å². The van der Waals surface area contributed by atoms with Crippen LogP contribution in [0.3, 0.4) is 0 Å². The molecule has 2 aliphatic rings. The summed E-state index contributed by atoms with van der Waals surface area (Å²) in [6, 6.07) is 5.80. The lowest BCUT2D eigenvalue weighted by Gasteiger charge is -2.20. The van der Waals surface area contributed by atoms with Gasteiger partial charge in [-0.1, -0.05) is 49.9 Å². The molecule has 1 heterocycles. The van der Waals surface area contributed by atoms with Crippen LogP contribution in [0.25, 0.3) is 10.2 Å². The molecule has 0 atom stereocenters. The molecule has 0 unspecified atom stereocenters. The van der Waals surface area contributed by atoms with Crippen LogP contribution in [-0.2, 0) is 9.59 Å². The summed E-state index contributed by atoms with van der Waals surface area (Å²) in [5.74, 6) is 0.473. The van der Waals surface area contributed by atoms with Crippen molar-refractivity contribution in [3.05, 3.63) is 18.2 Å². The fourth-order valence-electron chi connectivity index (χ4n) is 4.24. The van der Waals surface area contributed by atoms with Crippen molar-refractivity contribution in [3.63, 3.8) is 0 Å². The zero-order valence-electron chi connectivity index (χ0n) is 16.0. The van der Waals surface area contributed by atoms with E-state index in [9.17, 15) is 9.59 Å². The van der Waals surface area contributed by atoms with Crippen LogP contribution in [0.1, 0.15) is 64.2 Å². The molecule has 1 aromatic carbocycles. The summed E-state index contributed by atoms with van der Waals surface area (Å²) in [7, 11) is 0. The first kappa shape index (κ1) is 21.1. The van der Waals surface area contributed by atoms with Gasteiger partial charge in [0.05, 0.1) is 10.2 Å². The molecule has 2 N–H and O–H groups in total. The van der Waals surface area contributed by atoms with E-state index in [2.05, 4.69) is 15.6 Å². The number of halogens is 1. The molecule has 2 fully saturated rings. The van der Waals surface area contributed by atoms with E-state index < -0.39 is 0 Å². The number of rotatable bonds is 4. The van der Waals surface area contributed by atoms with E-state index in [1.54, 1.807) is 0 Å². The normalized spacial score (nSPS) is 18.4. The van der Waals surface area contributed by atoms with Crippen LogP contribution in [0.2, 0.25) is 0 Å². The number of fused-ring (bicyclic) bond motifs is 1. The smallest absolute Gasteiger partial charge is 0.229 e. The Kier molecular flexibility index (Phi) is 7.30. The lowest BCUT2D eigenvalue weighted by molar-refractivity contribution is -0.121. The molecule has 2 amide bonds. The fourth-order valence-corrected chi connectivity index (χ4v) is 5.09. The largest absolute Gasteiger partial charge is 0.326 e. The van der Waals surface area contributed by atoms with Gasteiger partial charge in [0.25, 0.3) is 0 Å². The highest BCUT2D eigenvalue weighted by molar-refractivity contribution is 7.22. The molecule has 2 saturated carbocycles. The summed E-state index contributed by atoms with van der Waals surface area (Å²) < 4.78 is 1.02. The molecule has 5 nitrogen and oxygen atoms in total. The van der Waals surface area contributed by atoms with E-state index in [1.807, 2.05) is 18.2 Å². The Morgan fingerprint density at radius 1 is 0.857 bits per heavy atom. The van der Waals surface area contributed by atoms with Crippen LogP contribution >= 0.6 is 23.7 Å². The maximum absolute atomic E-state index is 12.4. The van der Waals surface area contributed by atoms with Crippen molar-refractivity contribution in [2.45, 2.75) is 64.2 Å². The van der Waals surface area contributed by atoms with Crippen molar-refractivity contribution < 1.29 is 9.59 Å². The zero-order valence-corrected chi connectivity index (χ0v) is 17.7. The minimum atomic E-state index is 0. The second-order valence-corrected chi connectivity index (χ2v) is 8.88. The summed E-state index contributed by atoms with van der Waals surface area (Å²) in [4.78, 5) is 29.4. The highest BCUT2D eigenvalue weighted by Crippen LogP contribution is 2.31. The number of benzene rings is 1. The third-order valence-electron chi connectivity index (χ3n) is 5.84. The number of nitrogens with one attached hydrogen (secondary N) is 2. The standard InChI is InChI=1S/C21H27N3O2S.ClH/c25-19(14-7-3-1-4-8-14)22-16-11-12-18-17(13-16)23-21(27-18)24-20(26)15-9-5-2-6-10-15;/h11-15H,1-10H2,(H,22,25)(H,23,24,26);1H. The maximum Gasteiger partial charge on any atom is 0.229 e. The number of nitrogens with zero attached hydrogens (tertiary/aromatic N) is 1. The van der Waals surface area contributed by atoms with Gasteiger partial charge >= 0.3 is 0 Å². The topological polar surface area (TPSA) is 71.1 Å². The fraction of sp³-hybridized carbons (Fsp3) is 0.571. The van der Waals surface area contributed by atoms with E-state index in [0.717, 1.165) is 67.3 Å². The number of anilines is 2. The van der Waals surface area contributed by atoms with Gasteiger partial charge in [-0.3, -0.25) is 9.59 Å². The van der Waals surface area contributed by atoms with Crippen LogP contribution in [0.4, 0.5) is 10.8 Å². The van der Waals surface area contributed by atoms with Gasteiger partial charge in [0.2, 0.25) is 11.8 Å². The summed E-state index contributed by atoms with van der Waals surface area (Å²) in [5.41, 5.74) is 1.61. The van der Waals surface area contributed by atoms with Gasteiger partial charge in [-0.25, -0.2) is 4.98 Å². The molecule has 0 bridgehead atoms. The van der Waals surface area contributed by atoms with Gasteiger partial charge in [-0.05, 0) is 43.9 Å². The molecule has 28 heavy (non-hydrogen) atoms. The Morgan fingerprint density at radius 2 is 1.43 bits per heavy atom. The van der Waals surface area contributed by atoms with Crippen molar-refractivity contribution in [2.24, 2.45) is 11.8 Å². The Hall–Kier alpha value is -1.66. The van der Waals surface area contributed by atoms with Crippen LogP contribution in [0, 0.1) is 11.8 Å². The number of thiazole rings is 1. The molecule has 0 radical (unpaired) electrons. The summed E-state index contributed by atoms with van der Waals surface area (Å²) >= 11 is 1.49. The van der Waals surface area contributed by atoms with Crippen molar-refractivity contribution >= 4 is 56.6 Å². The third-order valence-corrected chi connectivity index (χ3v) is 6.79. The van der Waals surface area contributed by atoms with Crippen molar-refractivity contribution in [1.29, 1.82) is 0 Å². The molecular formula is C21H28ClN3O2S. The van der Waals surface area contributed by atoms with Gasteiger partial charge in [-0.2, -0.15) is 0 Å².